The third-order valence-corrected chi connectivity index (χ3v) is 3.78. The molecule has 23 heavy (non-hydrogen) atoms. The fourth-order valence-electron chi connectivity index (χ4n) is 1.99. The first-order chi connectivity index (χ1) is 10.8. The van der Waals surface area contributed by atoms with Crippen LogP contribution < -0.4 is 10.6 Å². The van der Waals surface area contributed by atoms with Crippen LogP contribution in [0.2, 0.25) is 0 Å². The molecule has 6 heteroatoms. The summed E-state index contributed by atoms with van der Waals surface area (Å²) in [5, 5.41) is 6.09. The number of aryl methyl sites for hydroxylation is 2. The van der Waals surface area contributed by atoms with Crippen molar-refractivity contribution >= 4 is 33.3 Å². The normalized spacial score (nSPS) is 10.7. The molecule has 1 amide bonds. The van der Waals surface area contributed by atoms with Gasteiger partial charge in [-0.1, -0.05) is 19.9 Å². The second kappa shape index (κ2) is 7.55. The Bertz CT molecular complexity index is 716. The van der Waals surface area contributed by atoms with Crippen LogP contribution in [-0.2, 0) is 0 Å². The van der Waals surface area contributed by atoms with Gasteiger partial charge in [0.1, 0.15) is 17.3 Å². The zero-order valence-corrected chi connectivity index (χ0v) is 15.4. The molecular formula is C17H21BrN4O. The van der Waals surface area contributed by atoms with Gasteiger partial charge in [0, 0.05) is 17.1 Å². The highest BCUT2D eigenvalue weighted by Gasteiger charge is 2.11. The highest BCUT2D eigenvalue weighted by molar-refractivity contribution is 9.10. The fraction of sp³-hybridized carbons (Fsp3) is 0.353. The van der Waals surface area contributed by atoms with Crippen molar-refractivity contribution in [2.24, 2.45) is 5.92 Å². The first-order valence-corrected chi connectivity index (χ1v) is 8.31. The predicted molar refractivity (Wildman–Crippen MR) is 96.1 cm³/mol. The Morgan fingerprint density at radius 2 is 1.96 bits per heavy atom. The van der Waals surface area contributed by atoms with E-state index in [1.165, 1.54) is 0 Å². The van der Waals surface area contributed by atoms with Crippen LogP contribution in [0, 0.1) is 19.8 Å². The molecule has 0 fully saturated rings. The standard InChI is InChI=1S/C17H21BrN4O/c1-10(2)9-19-17(23)15-8-16(21-12(4)20-15)22-14-6-5-11(3)7-13(14)18/h5-8,10H,9H2,1-4H3,(H,19,23)(H,20,21,22). The molecule has 0 aliphatic heterocycles. The molecule has 1 aromatic carbocycles. The van der Waals surface area contributed by atoms with Crippen LogP contribution in [0.1, 0.15) is 35.7 Å². The Kier molecular flexibility index (Phi) is 5.71. The summed E-state index contributed by atoms with van der Waals surface area (Å²) in [6, 6.07) is 7.66. The summed E-state index contributed by atoms with van der Waals surface area (Å²) >= 11 is 3.53. The second-order valence-corrected chi connectivity index (χ2v) is 6.75. The smallest absolute Gasteiger partial charge is 0.270 e. The number of halogens is 1. The van der Waals surface area contributed by atoms with Gasteiger partial charge in [-0.2, -0.15) is 0 Å². The summed E-state index contributed by atoms with van der Waals surface area (Å²) in [5.41, 5.74) is 2.42. The molecule has 0 spiro atoms. The number of carbonyl (C=O) groups is 1. The van der Waals surface area contributed by atoms with Crippen LogP contribution in [0.3, 0.4) is 0 Å². The first kappa shape index (κ1) is 17.4. The van der Waals surface area contributed by atoms with Gasteiger partial charge in [-0.15, -0.1) is 0 Å². The second-order valence-electron chi connectivity index (χ2n) is 5.90. The number of nitrogens with one attached hydrogen (secondary N) is 2. The van der Waals surface area contributed by atoms with Crippen molar-refractivity contribution < 1.29 is 4.79 Å². The van der Waals surface area contributed by atoms with Gasteiger partial charge in [-0.3, -0.25) is 4.79 Å². The first-order valence-electron chi connectivity index (χ1n) is 7.52. The maximum absolute atomic E-state index is 12.2. The number of amides is 1. The molecule has 2 aromatic rings. The van der Waals surface area contributed by atoms with Gasteiger partial charge in [-0.25, -0.2) is 9.97 Å². The number of carbonyl (C=O) groups excluding carboxylic acids is 1. The average molecular weight is 377 g/mol. The third kappa shape index (κ3) is 5.03. The van der Waals surface area contributed by atoms with Gasteiger partial charge in [0.2, 0.25) is 0 Å². The highest BCUT2D eigenvalue weighted by Crippen LogP contribution is 2.26. The van der Waals surface area contributed by atoms with E-state index in [9.17, 15) is 4.79 Å². The minimum absolute atomic E-state index is 0.185. The lowest BCUT2D eigenvalue weighted by molar-refractivity contribution is 0.0943. The molecular weight excluding hydrogens is 356 g/mol. The largest absolute Gasteiger partial charge is 0.350 e. The number of hydrogen-bond donors (Lipinski definition) is 2. The number of anilines is 2. The molecule has 1 aromatic heterocycles. The molecule has 2 rings (SSSR count). The van der Waals surface area contributed by atoms with Crippen LogP contribution in [0.15, 0.2) is 28.7 Å². The van der Waals surface area contributed by atoms with Crippen molar-refractivity contribution in [3.05, 3.63) is 45.8 Å². The Balaban J connectivity index is 2.21. The van der Waals surface area contributed by atoms with E-state index in [1.807, 2.05) is 39.0 Å². The Labute approximate surface area is 145 Å². The van der Waals surface area contributed by atoms with Crippen molar-refractivity contribution in [2.75, 3.05) is 11.9 Å². The van der Waals surface area contributed by atoms with Gasteiger partial charge in [0.05, 0.1) is 5.69 Å². The Morgan fingerprint density at radius 3 is 2.61 bits per heavy atom. The van der Waals surface area contributed by atoms with E-state index in [2.05, 4.69) is 36.5 Å². The molecule has 0 saturated carbocycles. The molecule has 0 atom stereocenters. The lowest BCUT2D eigenvalue weighted by Gasteiger charge is -2.11. The van der Waals surface area contributed by atoms with Crippen LogP contribution in [-0.4, -0.2) is 22.4 Å². The number of nitrogens with zero attached hydrogens (tertiary/aromatic N) is 2. The zero-order valence-electron chi connectivity index (χ0n) is 13.8. The third-order valence-electron chi connectivity index (χ3n) is 3.13. The minimum atomic E-state index is -0.185. The summed E-state index contributed by atoms with van der Waals surface area (Å²) < 4.78 is 0.944. The van der Waals surface area contributed by atoms with E-state index < -0.39 is 0 Å². The molecule has 0 aliphatic rings. The summed E-state index contributed by atoms with van der Waals surface area (Å²) in [5.74, 6) is 1.35. The molecule has 0 bridgehead atoms. The predicted octanol–water partition coefficient (Wildman–Crippen LogP) is 3.99. The number of aromatic nitrogens is 2. The summed E-state index contributed by atoms with van der Waals surface area (Å²) in [6.45, 7) is 8.52. The summed E-state index contributed by atoms with van der Waals surface area (Å²) in [6.07, 6.45) is 0. The minimum Gasteiger partial charge on any atom is -0.350 e. The van der Waals surface area contributed by atoms with E-state index in [0.717, 1.165) is 15.7 Å². The number of benzene rings is 1. The average Bonchev–Trinajstić information content (AvgIpc) is 2.47. The molecule has 0 unspecified atom stereocenters. The van der Waals surface area contributed by atoms with Crippen molar-refractivity contribution in [3.8, 4) is 0 Å². The van der Waals surface area contributed by atoms with E-state index in [4.69, 9.17) is 0 Å². The van der Waals surface area contributed by atoms with E-state index in [1.54, 1.807) is 13.0 Å². The summed E-state index contributed by atoms with van der Waals surface area (Å²) in [7, 11) is 0. The number of hydrogen-bond acceptors (Lipinski definition) is 4. The van der Waals surface area contributed by atoms with Gasteiger partial charge >= 0.3 is 0 Å². The maximum atomic E-state index is 12.2. The van der Waals surface area contributed by atoms with Gasteiger partial charge < -0.3 is 10.6 Å². The quantitative estimate of drug-likeness (QED) is 0.827. The SMILES string of the molecule is Cc1ccc(Nc2cc(C(=O)NCC(C)C)nc(C)n2)c(Br)c1. The molecule has 1 heterocycles. The molecule has 2 N–H and O–H groups in total. The lowest BCUT2D eigenvalue weighted by atomic mass is 10.2. The number of rotatable bonds is 5. The monoisotopic (exact) mass is 376 g/mol. The Morgan fingerprint density at radius 1 is 1.22 bits per heavy atom. The van der Waals surface area contributed by atoms with Crippen LogP contribution in [0.4, 0.5) is 11.5 Å². The van der Waals surface area contributed by atoms with E-state index >= 15 is 0 Å². The van der Waals surface area contributed by atoms with E-state index in [0.29, 0.717) is 29.8 Å². The lowest BCUT2D eigenvalue weighted by Crippen LogP contribution is -2.28. The van der Waals surface area contributed by atoms with Crippen LogP contribution in [0.5, 0.6) is 0 Å². The summed E-state index contributed by atoms with van der Waals surface area (Å²) in [4.78, 5) is 20.7. The van der Waals surface area contributed by atoms with Gasteiger partial charge in [-0.05, 0) is 53.4 Å². The van der Waals surface area contributed by atoms with Gasteiger partial charge in [0.25, 0.3) is 5.91 Å². The van der Waals surface area contributed by atoms with E-state index in [-0.39, 0.29) is 5.91 Å². The Hall–Kier alpha value is -1.95. The van der Waals surface area contributed by atoms with Crippen molar-refractivity contribution in [1.82, 2.24) is 15.3 Å². The van der Waals surface area contributed by atoms with Crippen molar-refractivity contribution in [2.45, 2.75) is 27.7 Å². The van der Waals surface area contributed by atoms with Crippen LogP contribution in [0.25, 0.3) is 0 Å². The van der Waals surface area contributed by atoms with Gasteiger partial charge in [0.15, 0.2) is 0 Å². The molecule has 122 valence electrons. The molecule has 5 nitrogen and oxygen atoms in total. The van der Waals surface area contributed by atoms with Crippen LogP contribution >= 0.6 is 15.9 Å². The highest BCUT2D eigenvalue weighted by atomic mass is 79.9. The zero-order chi connectivity index (χ0) is 17.0. The van der Waals surface area contributed by atoms with Crippen molar-refractivity contribution in [1.29, 1.82) is 0 Å². The maximum Gasteiger partial charge on any atom is 0.270 e. The topological polar surface area (TPSA) is 66.9 Å². The molecule has 0 aliphatic carbocycles. The molecule has 0 radical (unpaired) electrons. The molecule has 0 saturated heterocycles. The van der Waals surface area contributed by atoms with Crippen molar-refractivity contribution in [3.63, 3.8) is 0 Å². The fourth-order valence-corrected chi connectivity index (χ4v) is 2.59.